The summed E-state index contributed by atoms with van der Waals surface area (Å²) in [6.45, 7) is 5.15. The molecule has 0 atom stereocenters. The van der Waals surface area contributed by atoms with Crippen LogP contribution in [0.2, 0.25) is 0 Å². The number of hydrogen-bond donors (Lipinski definition) is 2. The zero-order chi connectivity index (χ0) is 23.7. The lowest BCUT2D eigenvalue weighted by molar-refractivity contribution is 0.0256. The lowest BCUT2D eigenvalue weighted by atomic mass is 9.92. The number of carbonyl (C=O) groups excluding carboxylic acids is 1. The minimum atomic E-state index is -0.456. The summed E-state index contributed by atoms with van der Waals surface area (Å²) < 4.78 is 19.3. The fraction of sp³-hybridized carbons (Fsp3) is 0.444. The third kappa shape index (κ3) is 4.57. The monoisotopic (exact) mass is 463 g/mol. The van der Waals surface area contributed by atoms with E-state index in [2.05, 4.69) is 22.0 Å². The van der Waals surface area contributed by atoms with E-state index in [0.29, 0.717) is 11.7 Å². The van der Waals surface area contributed by atoms with E-state index in [1.54, 1.807) is 0 Å². The van der Waals surface area contributed by atoms with E-state index in [9.17, 15) is 4.79 Å². The number of fused-ring (bicyclic) bond motifs is 1. The van der Waals surface area contributed by atoms with Gasteiger partial charge in [-0.25, -0.2) is 4.79 Å². The second-order valence-electron chi connectivity index (χ2n) is 9.48. The number of benzene rings is 2. The molecule has 0 unspecified atom stereocenters. The summed E-state index contributed by atoms with van der Waals surface area (Å²) in [7, 11) is 0. The van der Waals surface area contributed by atoms with E-state index in [1.807, 2.05) is 44.2 Å². The number of nitrogen functional groups attached to an aromatic ring is 1. The molecule has 3 N–H and O–H groups in total. The molecule has 7 heteroatoms. The summed E-state index contributed by atoms with van der Waals surface area (Å²) in [5.41, 5.74) is 11.4. The van der Waals surface area contributed by atoms with E-state index in [0.717, 1.165) is 72.5 Å². The van der Waals surface area contributed by atoms with Gasteiger partial charge < -0.3 is 24.5 Å². The first-order valence-electron chi connectivity index (χ1n) is 12.3. The topological polar surface area (TPSA) is 87.7 Å². The molecule has 2 aliphatic rings. The summed E-state index contributed by atoms with van der Waals surface area (Å²) >= 11 is 0. The molecule has 1 saturated heterocycles. The van der Waals surface area contributed by atoms with Crippen molar-refractivity contribution < 1.29 is 19.0 Å². The molecule has 1 aliphatic carbocycles. The van der Waals surface area contributed by atoms with Crippen molar-refractivity contribution in [2.45, 2.75) is 64.2 Å². The van der Waals surface area contributed by atoms with E-state index in [-0.39, 0.29) is 12.2 Å². The van der Waals surface area contributed by atoms with Gasteiger partial charge >= 0.3 is 6.09 Å². The molecule has 0 bridgehead atoms. The second-order valence-corrected chi connectivity index (χ2v) is 9.48. The van der Waals surface area contributed by atoms with Crippen LogP contribution < -0.4 is 15.8 Å². The first-order valence-corrected chi connectivity index (χ1v) is 12.3. The van der Waals surface area contributed by atoms with E-state index in [4.69, 9.17) is 19.9 Å². The molecule has 0 radical (unpaired) electrons. The number of nitrogens with one attached hydrogen (secondary N) is 1. The average Bonchev–Trinajstić information content (AvgIpc) is 3.05. The number of hydrogen-bond acceptors (Lipinski definition) is 5. The highest BCUT2D eigenvalue weighted by molar-refractivity contribution is 6.01. The number of rotatable bonds is 6. The van der Waals surface area contributed by atoms with Gasteiger partial charge in [0.05, 0.1) is 36.2 Å². The van der Waals surface area contributed by atoms with Gasteiger partial charge in [-0.3, -0.25) is 5.32 Å². The van der Waals surface area contributed by atoms with Crippen molar-refractivity contribution in [1.82, 2.24) is 4.57 Å². The zero-order valence-corrected chi connectivity index (χ0v) is 19.9. The molecule has 0 spiro atoms. The molecule has 3 aromatic rings. The lowest BCUT2D eigenvalue weighted by Crippen LogP contribution is -2.25. The molecule has 1 aromatic heterocycles. The Kier molecular flexibility index (Phi) is 6.37. The van der Waals surface area contributed by atoms with Gasteiger partial charge in [0.25, 0.3) is 0 Å². The number of carbonyl (C=O) groups is 1. The molecule has 34 heavy (non-hydrogen) atoms. The van der Waals surface area contributed by atoms with Crippen LogP contribution in [0.25, 0.3) is 22.2 Å². The van der Waals surface area contributed by atoms with Crippen molar-refractivity contribution in [3.8, 4) is 17.0 Å². The smallest absolute Gasteiger partial charge is 0.411 e. The number of anilines is 2. The van der Waals surface area contributed by atoms with Crippen LogP contribution in [0.15, 0.2) is 42.5 Å². The fourth-order valence-electron chi connectivity index (χ4n) is 4.77. The van der Waals surface area contributed by atoms with Gasteiger partial charge in [-0.15, -0.1) is 0 Å². The normalized spacial score (nSPS) is 17.0. The first-order chi connectivity index (χ1) is 16.5. The molecule has 1 saturated carbocycles. The Labute approximate surface area is 200 Å². The molecule has 2 fully saturated rings. The van der Waals surface area contributed by atoms with E-state index in [1.165, 1.54) is 6.42 Å². The molecular weight excluding hydrogens is 430 g/mol. The van der Waals surface area contributed by atoms with Gasteiger partial charge in [0.1, 0.15) is 11.9 Å². The summed E-state index contributed by atoms with van der Waals surface area (Å²) in [5.74, 6) is 0.882. The van der Waals surface area contributed by atoms with Crippen molar-refractivity contribution >= 4 is 28.4 Å². The van der Waals surface area contributed by atoms with Crippen LogP contribution in [0.5, 0.6) is 5.75 Å². The van der Waals surface area contributed by atoms with Gasteiger partial charge in [0.15, 0.2) is 0 Å². The Balaban J connectivity index is 1.47. The predicted molar refractivity (Wildman–Crippen MR) is 134 cm³/mol. The van der Waals surface area contributed by atoms with Gasteiger partial charge in [0, 0.05) is 41.6 Å². The Morgan fingerprint density at radius 1 is 1.09 bits per heavy atom. The minimum absolute atomic E-state index is 0.169. The quantitative estimate of drug-likeness (QED) is 0.459. The molecule has 7 nitrogen and oxygen atoms in total. The Morgan fingerprint density at radius 3 is 2.47 bits per heavy atom. The van der Waals surface area contributed by atoms with Gasteiger partial charge in [-0.1, -0.05) is 12.1 Å². The Bertz CT molecular complexity index is 1160. The van der Waals surface area contributed by atoms with Crippen molar-refractivity contribution in [3.63, 3.8) is 0 Å². The maximum absolute atomic E-state index is 11.9. The van der Waals surface area contributed by atoms with Crippen LogP contribution in [-0.2, 0) is 9.47 Å². The van der Waals surface area contributed by atoms with Crippen LogP contribution in [0.3, 0.4) is 0 Å². The third-order valence-corrected chi connectivity index (χ3v) is 6.67. The summed E-state index contributed by atoms with van der Waals surface area (Å²) in [5, 5.41) is 3.82. The Hall–Kier alpha value is -3.19. The number of amides is 1. The van der Waals surface area contributed by atoms with Crippen LogP contribution in [-0.4, -0.2) is 36.1 Å². The zero-order valence-electron chi connectivity index (χ0n) is 19.9. The second kappa shape index (κ2) is 9.58. The van der Waals surface area contributed by atoms with E-state index < -0.39 is 6.09 Å². The molecule has 2 aromatic carbocycles. The summed E-state index contributed by atoms with van der Waals surface area (Å²) in [6.07, 6.45) is 4.91. The average molecular weight is 464 g/mol. The highest BCUT2D eigenvalue weighted by atomic mass is 16.6. The van der Waals surface area contributed by atoms with Crippen molar-refractivity contribution in [2.24, 2.45) is 0 Å². The summed E-state index contributed by atoms with van der Waals surface area (Å²) in [4.78, 5) is 11.9. The van der Waals surface area contributed by atoms with Crippen LogP contribution in [0.1, 0.15) is 52.0 Å². The highest BCUT2D eigenvalue weighted by Crippen LogP contribution is 2.45. The van der Waals surface area contributed by atoms with Crippen molar-refractivity contribution in [2.75, 3.05) is 24.3 Å². The summed E-state index contributed by atoms with van der Waals surface area (Å²) in [6, 6.07) is 14.4. The molecule has 1 aliphatic heterocycles. The SMILES string of the molecule is CC(C)OC(=O)Nc1ccc(-c2c(N)c3ccc(OC4CCOCC4)cc3n2C2CCC2)cc1. The molecule has 180 valence electrons. The number of nitrogens with zero attached hydrogens (tertiary/aromatic N) is 1. The number of ether oxygens (including phenoxy) is 3. The third-order valence-electron chi connectivity index (χ3n) is 6.67. The maximum atomic E-state index is 11.9. The van der Waals surface area contributed by atoms with Crippen molar-refractivity contribution in [1.29, 1.82) is 0 Å². The molecule has 5 rings (SSSR count). The fourth-order valence-corrected chi connectivity index (χ4v) is 4.77. The molecular formula is C27H33N3O4. The molecule has 2 heterocycles. The van der Waals surface area contributed by atoms with Gasteiger partial charge in [-0.05, 0) is 57.4 Å². The van der Waals surface area contributed by atoms with Crippen molar-refractivity contribution in [3.05, 3.63) is 42.5 Å². The minimum Gasteiger partial charge on any atom is -0.490 e. The van der Waals surface area contributed by atoms with Crippen LogP contribution in [0, 0.1) is 0 Å². The highest BCUT2D eigenvalue weighted by Gasteiger charge is 2.27. The number of nitrogens with two attached hydrogens (primary N) is 1. The lowest BCUT2D eigenvalue weighted by Gasteiger charge is -2.30. The Morgan fingerprint density at radius 2 is 1.82 bits per heavy atom. The number of aromatic nitrogens is 1. The van der Waals surface area contributed by atoms with Gasteiger partial charge in [0.2, 0.25) is 0 Å². The largest absolute Gasteiger partial charge is 0.490 e. The predicted octanol–water partition coefficient (Wildman–Crippen LogP) is 6.13. The van der Waals surface area contributed by atoms with Crippen LogP contribution >= 0.6 is 0 Å². The first kappa shape index (κ1) is 22.6. The standard InChI is InChI=1S/C27H33N3O4/c1-17(2)33-27(31)29-19-8-6-18(7-9-19)26-25(28)23-11-10-22(34-21-12-14-32-15-13-21)16-24(23)30(26)20-4-3-5-20/h6-11,16-17,20-21H,3-5,12-15,28H2,1-2H3,(H,29,31). The van der Waals surface area contributed by atoms with Crippen LogP contribution in [0.4, 0.5) is 16.2 Å². The van der Waals surface area contributed by atoms with Gasteiger partial charge in [-0.2, -0.15) is 0 Å². The van der Waals surface area contributed by atoms with E-state index >= 15 is 0 Å². The molecule has 1 amide bonds. The maximum Gasteiger partial charge on any atom is 0.411 e.